The van der Waals surface area contributed by atoms with Crippen molar-refractivity contribution in [3.63, 3.8) is 0 Å². The maximum Gasteiger partial charge on any atom is 0.407 e. The molecule has 0 aliphatic carbocycles. The highest BCUT2D eigenvalue weighted by Gasteiger charge is 2.57. The predicted molar refractivity (Wildman–Crippen MR) is 126 cm³/mol. The summed E-state index contributed by atoms with van der Waals surface area (Å²) in [6, 6.07) is 5.31. The zero-order valence-corrected chi connectivity index (χ0v) is 20.9. The Labute approximate surface area is 206 Å². The standard InChI is InChI=1S/C23H29N3O8S/c1-5-16-17-12-18(35(32)11-10-24-22(29)34-23(2,3)4)19(25(17)20(16)27)21(28)33-13-14-6-8-15(9-7-14)26(30)31/h6-9,16-17H,5,10-13H2,1-4H3,(H,24,29). The van der Waals surface area contributed by atoms with Gasteiger partial charge >= 0.3 is 12.1 Å². The van der Waals surface area contributed by atoms with Crippen molar-refractivity contribution in [2.24, 2.45) is 5.92 Å². The summed E-state index contributed by atoms with van der Waals surface area (Å²) in [5.74, 6) is -1.20. The Balaban J connectivity index is 1.68. The van der Waals surface area contributed by atoms with E-state index in [1.54, 1.807) is 20.8 Å². The molecule has 2 amide bonds. The molecule has 1 N–H and O–H groups in total. The minimum absolute atomic E-state index is 0.0118. The summed E-state index contributed by atoms with van der Waals surface area (Å²) in [5.41, 5.74) is -0.234. The molecule has 2 aliphatic rings. The lowest BCUT2D eigenvalue weighted by molar-refractivity contribution is -0.384. The summed E-state index contributed by atoms with van der Waals surface area (Å²) < 4.78 is 23.6. The Morgan fingerprint density at radius 2 is 1.91 bits per heavy atom. The molecule has 1 aromatic carbocycles. The Morgan fingerprint density at radius 1 is 1.26 bits per heavy atom. The van der Waals surface area contributed by atoms with Gasteiger partial charge in [-0.2, -0.15) is 0 Å². The summed E-state index contributed by atoms with van der Waals surface area (Å²) in [5, 5.41) is 13.3. The molecule has 190 valence electrons. The number of nitrogens with zero attached hydrogens (tertiary/aromatic N) is 2. The van der Waals surface area contributed by atoms with Crippen molar-refractivity contribution in [3.05, 3.63) is 50.5 Å². The number of benzene rings is 1. The number of carbonyl (C=O) groups is 3. The molecule has 1 aromatic rings. The molecule has 3 rings (SSSR count). The van der Waals surface area contributed by atoms with Gasteiger partial charge in [0, 0.05) is 18.6 Å². The molecule has 0 aromatic heterocycles. The number of esters is 1. The first-order chi connectivity index (χ1) is 16.4. The Morgan fingerprint density at radius 3 is 2.49 bits per heavy atom. The lowest BCUT2D eigenvalue weighted by Gasteiger charge is -2.42. The van der Waals surface area contributed by atoms with Crippen LogP contribution in [-0.4, -0.2) is 56.3 Å². The first-order valence-electron chi connectivity index (χ1n) is 11.2. The van der Waals surface area contributed by atoms with Crippen molar-refractivity contribution in [2.45, 2.75) is 58.8 Å². The number of hydrogen-bond donors (Lipinski definition) is 1. The third kappa shape index (κ3) is 6.12. The minimum Gasteiger partial charge on any atom is -0.612 e. The number of non-ortho nitro benzene ring substituents is 1. The molecule has 3 unspecified atom stereocenters. The molecule has 35 heavy (non-hydrogen) atoms. The second-order valence-electron chi connectivity index (χ2n) is 9.24. The molecule has 11 nitrogen and oxygen atoms in total. The molecule has 0 saturated carbocycles. The molecule has 1 saturated heterocycles. The van der Waals surface area contributed by atoms with Gasteiger partial charge in [-0.15, -0.1) is 0 Å². The molecule has 0 bridgehead atoms. The van der Waals surface area contributed by atoms with Gasteiger partial charge in [-0.25, -0.2) is 9.59 Å². The van der Waals surface area contributed by atoms with Gasteiger partial charge in [0.05, 0.1) is 23.4 Å². The fraction of sp³-hybridized carbons (Fsp3) is 0.522. The quantitative estimate of drug-likeness (QED) is 0.176. The van der Waals surface area contributed by atoms with Gasteiger partial charge in [0.15, 0.2) is 10.6 Å². The average molecular weight is 508 g/mol. The van der Waals surface area contributed by atoms with E-state index in [1.165, 1.54) is 29.2 Å². The van der Waals surface area contributed by atoms with Gasteiger partial charge in [-0.1, -0.05) is 6.92 Å². The summed E-state index contributed by atoms with van der Waals surface area (Å²) in [6.07, 6.45) is 0.263. The highest BCUT2D eigenvalue weighted by molar-refractivity contribution is 7.95. The van der Waals surface area contributed by atoms with Crippen molar-refractivity contribution in [3.8, 4) is 0 Å². The number of alkyl carbamates (subject to hydrolysis) is 1. The number of hydrogen-bond acceptors (Lipinski definition) is 8. The summed E-state index contributed by atoms with van der Waals surface area (Å²) in [4.78, 5) is 49.4. The molecule has 0 spiro atoms. The molecule has 2 aliphatic heterocycles. The number of β-lactam (4-membered cyclic amide) rings is 1. The fourth-order valence-corrected chi connectivity index (χ4v) is 5.30. The van der Waals surface area contributed by atoms with Crippen LogP contribution >= 0.6 is 0 Å². The number of rotatable bonds is 9. The molecule has 0 radical (unpaired) electrons. The normalized spacial score (nSPS) is 20.1. The third-order valence-corrected chi connectivity index (χ3v) is 7.12. The summed E-state index contributed by atoms with van der Waals surface area (Å²) >= 11 is -1.64. The average Bonchev–Trinajstić information content (AvgIpc) is 3.12. The maximum absolute atomic E-state index is 13.1. The fourth-order valence-electron chi connectivity index (χ4n) is 4.01. The minimum atomic E-state index is -1.64. The molecule has 1 fully saturated rings. The van der Waals surface area contributed by atoms with Crippen molar-refractivity contribution >= 4 is 34.8 Å². The van der Waals surface area contributed by atoms with Gasteiger partial charge in [0.2, 0.25) is 5.91 Å². The van der Waals surface area contributed by atoms with E-state index in [2.05, 4.69) is 5.32 Å². The van der Waals surface area contributed by atoms with Gasteiger partial charge in [-0.05, 0) is 56.1 Å². The molecular formula is C23H29N3O8S. The number of carbonyl (C=O) groups excluding carboxylic acids is 3. The van der Waals surface area contributed by atoms with Crippen LogP contribution in [-0.2, 0) is 36.8 Å². The lowest BCUT2D eigenvalue weighted by atomic mass is 9.85. The van der Waals surface area contributed by atoms with Crippen molar-refractivity contribution < 1.29 is 33.3 Å². The predicted octanol–water partition coefficient (Wildman–Crippen LogP) is 2.76. The summed E-state index contributed by atoms with van der Waals surface area (Å²) in [7, 11) is 0. The molecule has 12 heteroatoms. The van der Waals surface area contributed by atoms with Crippen LogP contribution in [0.5, 0.6) is 0 Å². The van der Waals surface area contributed by atoms with Gasteiger partial charge < -0.3 is 19.3 Å². The van der Waals surface area contributed by atoms with Crippen molar-refractivity contribution in [2.75, 3.05) is 12.3 Å². The van der Waals surface area contributed by atoms with Gasteiger partial charge in [0.1, 0.15) is 18.0 Å². The first-order valence-corrected chi connectivity index (χ1v) is 12.6. The van der Waals surface area contributed by atoms with E-state index in [0.29, 0.717) is 23.3 Å². The Kier molecular flexibility index (Phi) is 8.06. The van der Waals surface area contributed by atoms with Crippen LogP contribution in [0.1, 0.15) is 46.1 Å². The van der Waals surface area contributed by atoms with Crippen molar-refractivity contribution in [1.29, 1.82) is 0 Å². The largest absolute Gasteiger partial charge is 0.612 e. The second kappa shape index (κ2) is 10.6. The zero-order chi connectivity index (χ0) is 25.9. The number of nitro groups is 1. The monoisotopic (exact) mass is 507 g/mol. The van der Waals surface area contributed by atoms with E-state index < -0.39 is 33.8 Å². The Bertz CT molecular complexity index is 1030. The number of fused-ring (bicyclic) bond motifs is 1. The van der Waals surface area contributed by atoms with E-state index >= 15 is 0 Å². The van der Waals surface area contributed by atoms with E-state index in [0.717, 1.165) is 0 Å². The highest BCUT2D eigenvalue weighted by Crippen LogP contribution is 2.45. The highest BCUT2D eigenvalue weighted by atomic mass is 32.2. The van der Waals surface area contributed by atoms with E-state index in [1.807, 2.05) is 6.92 Å². The number of nitro benzene ring substituents is 1. The van der Waals surface area contributed by atoms with Crippen LogP contribution in [0.4, 0.5) is 10.5 Å². The number of ether oxygens (including phenoxy) is 2. The van der Waals surface area contributed by atoms with E-state index in [4.69, 9.17) is 9.47 Å². The third-order valence-electron chi connectivity index (χ3n) is 5.63. The summed E-state index contributed by atoms with van der Waals surface area (Å²) in [6.45, 7) is 6.97. The van der Waals surface area contributed by atoms with Crippen molar-refractivity contribution in [1.82, 2.24) is 10.2 Å². The van der Waals surface area contributed by atoms with Crippen LogP contribution in [0.2, 0.25) is 0 Å². The number of amides is 2. The maximum atomic E-state index is 13.1. The van der Waals surface area contributed by atoms with Gasteiger partial charge in [-0.3, -0.25) is 19.8 Å². The smallest absolute Gasteiger partial charge is 0.407 e. The van der Waals surface area contributed by atoms with E-state index in [-0.39, 0.29) is 48.2 Å². The first kappa shape index (κ1) is 26.5. The second-order valence-corrected chi connectivity index (χ2v) is 10.8. The van der Waals surface area contributed by atoms with Crippen LogP contribution in [0.3, 0.4) is 0 Å². The molecular weight excluding hydrogens is 478 g/mol. The zero-order valence-electron chi connectivity index (χ0n) is 20.1. The molecule has 3 atom stereocenters. The van der Waals surface area contributed by atoms with Crippen LogP contribution in [0.15, 0.2) is 34.9 Å². The van der Waals surface area contributed by atoms with Gasteiger partial charge in [0.25, 0.3) is 5.69 Å². The van der Waals surface area contributed by atoms with Crippen LogP contribution < -0.4 is 5.32 Å². The lowest BCUT2D eigenvalue weighted by Crippen LogP contribution is -2.58. The SMILES string of the molecule is CCC1C(=O)N2C(C(=O)OCc3ccc([N+](=O)[O-])cc3)=C([S+]([O-])CCNC(=O)OC(C)(C)C)CC12. The van der Waals surface area contributed by atoms with Crippen LogP contribution in [0, 0.1) is 16.0 Å². The Hall–Kier alpha value is -3.12. The number of nitrogens with one attached hydrogen (secondary N) is 1. The van der Waals surface area contributed by atoms with E-state index in [9.17, 15) is 29.1 Å². The van der Waals surface area contributed by atoms with Crippen LogP contribution in [0.25, 0.3) is 0 Å². The molecule has 2 heterocycles. The topological polar surface area (TPSA) is 151 Å².